The van der Waals surface area contributed by atoms with Crippen LogP contribution in [0.15, 0.2) is 36.4 Å². The molecule has 0 saturated carbocycles. The van der Waals surface area contributed by atoms with E-state index in [-0.39, 0.29) is 5.56 Å². The number of aromatic nitrogens is 1. The first-order valence-corrected chi connectivity index (χ1v) is 8.09. The van der Waals surface area contributed by atoms with Crippen LogP contribution in [0.25, 0.3) is 21.5 Å². The molecular weight excluding hydrogens is 318 g/mol. The van der Waals surface area contributed by atoms with E-state index in [1.165, 1.54) is 11.3 Å². The van der Waals surface area contributed by atoms with Crippen LogP contribution in [-0.2, 0) is 0 Å². The van der Waals surface area contributed by atoms with E-state index in [0.717, 1.165) is 10.4 Å². The molecule has 3 rings (SSSR count). The molecule has 0 fully saturated rings. The second-order valence-corrected chi connectivity index (χ2v) is 7.11. The largest absolute Gasteiger partial charge is 0.478 e. The zero-order valence-corrected chi connectivity index (χ0v) is 13.7. The summed E-state index contributed by atoms with van der Waals surface area (Å²) in [6.45, 7) is 4.16. The van der Waals surface area contributed by atoms with Crippen molar-refractivity contribution in [1.29, 1.82) is 0 Å². The van der Waals surface area contributed by atoms with E-state index in [9.17, 15) is 9.90 Å². The lowest BCUT2D eigenvalue weighted by atomic mass is 9.98. The van der Waals surface area contributed by atoms with Crippen molar-refractivity contribution < 1.29 is 9.90 Å². The molecule has 0 amide bonds. The summed E-state index contributed by atoms with van der Waals surface area (Å²) in [6, 6.07) is 11.1. The Kier molecular flexibility index (Phi) is 3.89. The Balaban J connectivity index is 2.27. The third-order valence-corrected chi connectivity index (χ3v) is 4.81. The van der Waals surface area contributed by atoms with Gasteiger partial charge in [0.15, 0.2) is 0 Å². The van der Waals surface area contributed by atoms with Crippen molar-refractivity contribution in [2.45, 2.75) is 19.8 Å². The Bertz CT molecular complexity index is 870. The van der Waals surface area contributed by atoms with E-state index < -0.39 is 5.97 Å². The highest BCUT2D eigenvalue weighted by Gasteiger charge is 2.15. The van der Waals surface area contributed by atoms with Gasteiger partial charge in [0.1, 0.15) is 0 Å². The van der Waals surface area contributed by atoms with Gasteiger partial charge < -0.3 is 5.11 Å². The first-order chi connectivity index (χ1) is 10.5. The molecule has 5 heteroatoms. The van der Waals surface area contributed by atoms with Gasteiger partial charge in [0.25, 0.3) is 0 Å². The van der Waals surface area contributed by atoms with Crippen LogP contribution in [0, 0.1) is 0 Å². The summed E-state index contributed by atoms with van der Waals surface area (Å²) in [6.07, 6.45) is 0. The van der Waals surface area contributed by atoms with Crippen LogP contribution >= 0.6 is 22.9 Å². The molecule has 0 aliphatic heterocycles. The molecule has 2 aromatic heterocycles. The summed E-state index contributed by atoms with van der Waals surface area (Å²) >= 11 is 7.35. The highest BCUT2D eigenvalue weighted by Crippen LogP contribution is 2.33. The minimum Gasteiger partial charge on any atom is -0.478 e. The van der Waals surface area contributed by atoms with Crippen molar-refractivity contribution in [3.05, 3.63) is 51.9 Å². The van der Waals surface area contributed by atoms with Crippen molar-refractivity contribution in [2.75, 3.05) is 0 Å². The fourth-order valence-corrected chi connectivity index (χ4v) is 3.36. The molecule has 1 aromatic carbocycles. The lowest BCUT2D eigenvalue weighted by Crippen LogP contribution is -2.01. The molecule has 112 valence electrons. The molecule has 3 aromatic rings. The minimum atomic E-state index is -0.947. The molecule has 3 nitrogen and oxygen atoms in total. The van der Waals surface area contributed by atoms with Gasteiger partial charge in [-0.15, -0.1) is 11.3 Å². The van der Waals surface area contributed by atoms with Crippen molar-refractivity contribution in [1.82, 2.24) is 4.98 Å². The number of pyridine rings is 1. The van der Waals surface area contributed by atoms with E-state index in [1.54, 1.807) is 12.1 Å². The second kappa shape index (κ2) is 5.71. The number of rotatable bonds is 3. The molecule has 0 bridgehead atoms. The number of fused-ring (bicyclic) bond motifs is 1. The van der Waals surface area contributed by atoms with Gasteiger partial charge in [-0.2, -0.15) is 0 Å². The molecule has 0 spiro atoms. The Labute approximate surface area is 137 Å². The van der Waals surface area contributed by atoms with Gasteiger partial charge in [-0.25, -0.2) is 9.78 Å². The molecule has 2 heterocycles. The summed E-state index contributed by atoms with van der Waals surface area (Å²) in [5.41, 5.74) is 2.69. The summed E-state index contributed by atoms with van der Waals surface area (Å²) in [5.74, 6) is -0.612. The zero-order chi connectivity index (χ0) is 15.9. The molecule has 1 N–H and O–H groups in total. The van der Waals surface area contributed by atoms with Crippen LogP contribution in [-0.4, -0.2) is 16.1 Å². The topological polar surface area (TPSA) is 50.2 Å². The number of hydrogen-bond acceptors (Lipinski definition) is 3. The van der Waals surface area contributed by atoms with E-state index in [0.29, 0.717) is 26.9 Å². The number of carboxylic acids is 1. The Morgan fingerprint density at radius 1 is 1.23 bits per heavy atom. The quantitative estimate of drug-likeness (QED) is 0.695. The molecule has 22 heavy (non-hydrogen) atoms. The van der Waals surface area contributed by atoms with Crippen molar-refractivity contribution in [3.63, 3.8) is 0 Å². The number of hydrogen-bond donors (Lipinski definition) is 1. The molecule has 0 unspecified atom stereocenters. The maximum atomic E-state index is 11.6. The first kappa shape index (κ1) is 15.0. The number of carboxylic acid groups (broad SMARTS) is 1. The standard InChI is InChI=1S/C17H14ClNO2S/c1-9(2)10-3-4-13-11(7-10)12(17(20)21)8-14(19-13)15-5-6-16(18)22-15/h3-9H,1-2H3,(H,20,21). The van der Waals surface area contributed by atoms with E-state index in [4.69, 9.17) is 11.6 Å². The van der Waals surface area contributed by atoms with Crippen molar-refractivity contribution in [2.24, 2.45) is 0 Å². The van der Waals surface area contributed by atoms with Crippen LogP contribution in [0.4, 0.5) is 0 Å². The molecule has 0 radical (unpaired) electrons. The van der Waals surface area contributed by atoms with E-state index in [1.807, 2.05) is 24.3 Å². The van der Waals surface area contributed by atoms with E-state index in [2.05, 4.69) is 18.8 Å². The lowest BCUT2D eigenvalue weighted by molar-refractivity contribution is 0.0699. The van der Waals surface area contributed by atoms with E-state index >= 15 is 0 Å². The smallest absolute Gasteiger partial charge is 0.336 e. The number of halogens is 1. The highest BCUT2D eigenvalue weighted by molar-refractivity contribution is 7.19. The monoisotopic (exact) mass is 331 g/mol. The Morgan fingerprint density at radius 2 is 2.00 bits per heavy atom. The second-order valence-electron chi connectivity index (χ2n) is 5.40. The van der Waals surface area contributed by atoms with Crippen molar-refractivity contribution >= 4 is 39.8 Å². The van der Waals surface area contributed by atoms with Gasteiger partial charge >= 0.3 is 5.97 Å². The van der Waals surface area contributed by atoms with Gasteiger partial charge in [0.05, 0.1) is 26.0 Å². The lowest BCUT2D eigenvalue weighted by Gasteiger charge is -2.10. The third kappa shape index (κ3) is 2.72. The zero-order valence-electron chi connectivity index (χ0n) is 12.1. The minimum absolute atomic E-state index is 0.270. The summed E-state index contributed by atoms with van der Waals surface area (Å²) < 4.78 is 0.656. The number of aromatic carboxylic acids is 1. The summed E-state index contributed by atoms with van der Waals surface area (Å²) in [4.78, 5) is 17.1. The summed E-state index contributed by atoms with van der Waals surface area (Å²) in [5, 5.41) is 10.2. The molecule has 0 aliphatic rings. The molecule has 0 atom stereocenters. The maximum Gasteiger partial charge on any atom is 0.336 e. The normalized spacial score (nSPS) is 11.3. The predicted molar refractivity (Wildman–Crippen MR) is 91.1 cm³/mol. The first-order valence-electron chi connectivity index (χ1n) is 6.89. The van der Waals surface area contributed by atoms with Gasteiger partial charge in [-0.3, -0.25) is 0 Å². The Hall–Kier alpha value is -1.91. The van der Waals surface area contributed by atoms with Crippen LogP contribution in [0.3, 0.4) is 0 Å². The highest BCUT2D eigenvalue weighted by atomic mass is 35.5. The number of nitrogens with zero attached hydrogens (tertiary/aromatic N) is 1. The fourth-order valence-electron chi connectivity index (χ4n) is 2.36. The van der Waals surface area contributed by atoms with Crippen LogP contribution in [0.1, 0.15) is 35.7 Å². The number of thiophene rings is 1. The van der Waals surface area contributed by atoms with Crippen LogP contribution in [0.2, 0.25) is 4.34 Å². The average Bonchev–Trinajstić information content (AvgIpc) is 2.91. The third-order valence-electron chi connectivity index (χ3n) is 3.56. The van der Waals surface area contributed by atoms with Crippen LogP contribution < -0.4 is 0 Å². The van der Waals surface area contributed by atoms with Crippen LogP contribution in [0.5, 0.6) is 0 Å². The number of carbonyl (C=O) groups is 1. The van der Waals surface area contributed by atoms with Crippen molar-refractivity contribution in [3.8, 4) is 10.6 Å². The fraction of sp³-hybridized carbons (Fsp3) is 0.176. The van der Waals surface area contributed by atoms with Gasteiger partial charge in [0.2, 0.25) is 0 Å². The molecule has 0 aliphatic carbocycles. The predicted octanol–water partition coefficient (Wildman–Crippen LogP) is 5.44. The number of benzene rings is 1. The van der Waals surface area contributed by atoms with Gasteiger partial charge in [0, 0.05) is 5.39 Å². The SMILES string of the molecule is CC(C)c1ccc2nc(-c3ccc(Cl)s3)cc(C(=O)O)c2c1. The Morgan fingerprint density at radius 3 is 2.59 bits per heavy atom. The maximum absolute atomic E-state index is 11.6. The van der Waals surface area contributed by atoms with Gasteiger partial charge in [-0.05, 0) is 41.8 Å². The summed E-state index contributed by atoms with van der Waals surface area (Å²) in [7, 11) is 0. The van der Waals surface area contributed by atoms with Gasteiger partial charge in [-0.1, -0.05) is 31.5 Å². The molecule has 0 saturated heterocycles. The molecular formula is C17H14ClNO2S. The average molecular weight is 332 g/mol.